The van der Waals surface area contributed by atoms with E-state index >= 15 is 0 Å². The van der Waals surface area contributed by atoms with Crippen LogP contribution in [0.25, 0.3) is 0 Å². The molecule has 0 saturated carbocycles. The number of ether oxygens (including phenoxy) is 1. The highest BCUT2D eigenvalue weighted by Crippen LogP contribution is 2.35. The van der Waals surface area contributed by atoms with Gasteiger partial charge in [0.15, 0.2) is 0 Å². The number of aliphatic imine (C=N–C) groups is 1. The molecule has 142 valence electrons. The van der Waals surface area contributed by atoms with Crippen LogP contribution in [0.4, 0.5) is 0 Å². The quantitative estimate of drug-likeness (QED) is 0.565. The molecule has 0 radical (unpaired) electrons. The zero-order valence-corrected chi connectivity index (χ0v) is 17.3. The minimum absolute atomic E-state index is 0.257. The van der Waals surface area contributed by atoms with Crippen molar-refractivity contribution in [3.8, 4) is 0 Å². The Morgan fingerprint density at radius 1 is 0.893 bits per heavy atom. The maximum absolute atomic E-state index is 6.10. The fourth-order valence-corrected chi connectivity index (χ4v) is 5.97. The van der Waals surface area contributed by atoms with E-state index in [4.69, 9.17) is 9.73 Å². The normalized spacial score (nSPS) is 17.2. The number of nitrogens with zero attached hydrogens (tertiary/aromatic N) is 1. The molecule has 0 fully saturated rings. The van der Waals surface area contributed by atoms with Crippen LogP contribution < -0.4 is 15.9 Å². The maximum Gasteiger partial charge on any atom is 0.217 e. The van der Waals surface area contributed by atoms with Gasteiger partial charge in [-0.2, -0.15) is 0 Å². The first-order valence-corrected chi connectivity index (χ1v) is 11.3. The first kappa shape index (κ1) is 18.9. The number of rotatable bonds is 6. The van der Waals surface area contributed by atoms with Gasteiger partial charge in [-0.25, -0.2) is 4.99 Å². The van der Waals surface area contributed by atoms with Gasteiger partial charge in [0.1, 0.15) is 6.61 Å². The van der Waals surface area contributed by atoms with Gasteiger partial charge in [0.25, 0.3) is 0 Å². The lowest BCUT2D eigenvalue weighted by molar-refractivity contribution is 0.282. The lowest BCUT2D eigenvalue weighted by Crippen LogP contribution is -2.25. The van der Waals surface area contributed by atoms with Crippen LogP contribution >= 0.6 is 7.92 Å². The fraction of sp³-hybridized carbons (Fsp3) is 0.240. The molecule has 0 unspecified atom stereocenters. The summed E-state index contributed by atoms with van der Waals surface area (Å²) in [6.45, 7) is 5.16. The lowest BCUT2D eigenvalue weighted by atomic mass is 10.0. The summed E-state index contributed by atoms with van der Waals surface area (Å²) in [4.78, 5) is 4.96. The third-order valence-electron chi connectivity index (χ3n) is 5.38. The van der Waals surface area contributed by atoms with E-state index in [0.29, 0.717) is 12.5 Å². The van der Waals surface area contributed by atoms with Crippen molar-refractivity contribution in [2.75, 3.05) is 6.61 Å². The Hall–Kier alpha value is -2.44. The summed E-state index contributed by atoms with van der Waals surface area (Å²) in [7, 11) is -0.677. The molecule has 3 aromatic carbocycles. The average molecular weight is 387 g/mol. The fourth-order valence-electron chi connectivity index (χ4n) is 3.53. The second kappa shape index (κ2) is 8.71. The third kappa shape index (κ3) is 3.88. The maximum atomic E-state index is 6.10. The summed E-state index contributed by atoms with van der Waals surface area (Å²) in [5.74, 6) is 1.34. The Morgan fingerprint density at radius 3 is 2.07 bits per heavy atom. The summed E-state index contributed by atoms with van der Waals surface area (Å²) in [5.41, 5.74) is 1.13. The van der Waals surface area contributed by atoms with Crippen LogP contribution in [-0.2, 0) is 4.74 Å². The lowest BCUT2D eigenvalue weighted by Gasteiger charge is -2.22. The highest BCUT2D eigenvalue weighted by Gasteiger charge is 2.28. The van der Waals surface area contributed by atoms with Crippen molar-refractivity contribution in [3.05, 3.63) is 90.5 Å². The van der Waals surface area contributed by atoms with E-state index in [9.17, 15) is 0 Å². The molecule has 2 nitrogen and oxygen atoms in total. The van der Waals surface area contributed by atoms with E-state index in [2.05, 4.69) is 98.8 Å². The molecule has 0 N–H and O–H groups in total. The van der Waals surface area contributed by atoms with E-state index in [0.717, 1.165) is 17.9 Å². The molecule has 4 rings (SSSR count). The van der Waals surface area contributed by atoms with Gasteiger partial charge in [-0.15, -0.1) is 0 Å². The molecule has 0 bridgehead atoms. The van der Waals surface area contributed by atoms with Crippen molar-refractivity contribution in [1.29, 1.82) is 0 Å². The van der Waals surface area contributed by atoms with Crippen LogP contribution in [0.1, 0.15) is 25.8 Å². The zero-order chi connectivity index (χ0) is 19.3. The third-order valence-corrected chi connectivity index (χ3v) is 7.88. The van der Waals surface area contributed by atoms with Crippen LogP contribution in [-0.4, -0.2) is 18.5 Å². The highest BCUT2D eigenvalue weighted by atomic mass is 31.1. The van der Waals surface area contributed by atoms with Crippen LogP contribution in [0.3, 0.4) is 0 Å². The number of hydrogen-bond acceptors (Lipinski definition) is 2. The molecule has 1 aliphatic rings. The minimum Gasteiger partial charge on any atom is -0.475 e. The molecule has 3 aromatic rings. The van der Waals surface area contributed by atoms with Crippen LogP contribution in [0.5, 0.6) is 0 Å². The van der Waals surface area contributed by atoms with Gasteiger partial charge < -0.3 is 4.74 Å². The Labute approximate surface area is 169 Å². The van der Waals surface area contributed by atoms with Gasteiger partial charge in [0.2, 0.25) is 5.90 Å². The Bertz CT molecular complexity index is 900. The van der Waals surface area contributed by atoms with E-state index in [-0.39, 0.29) is 6.04 Å². The van der Waals surface area contributed by atoms with Crippen molar-refractivity contribution in [3.63, 3.8) is 0 Å². The van der Waals surface area contributed by atoms with Crippen LogP contribution in [0.15, 0.2) is 89.9 Å². The van der Waals surface area contributed by atoms with Crippen molar-refractivity contribution in [1.82, 2.24) is 0 Å². The molecule has 3 heteroatoms. The monoisotopic (exact) mass is 387 g/mol. The molecule has 0 aromatic heterocycles. The number of hydrogen-bond donors (Lipinski definition) is 0. The smallest absolute Gasteiger partial charge is 0.217 e. The molecule has 0 aliphatic carbocycles. The molecule has 2 atom stereocenters. The van der Waals surface area contributed by atoms with Crippen molar-refractivity contribution in [2.24, 2.45) is 10.9 Å². The standard InChI is InChI=1S/C25H26NOP/c1-3-19(2)23-18-27-25(26-23)22-16-10-11-17-24(22)28(20-12-6-4-7-13-20)21-14-8-5-9-15-21/h4-17,19,23H,3,18H2,1-2H3/t19-,23-/m1/s1. The SMILES string of the molecule is CC[C@@H](C)[C@H]1COC(c2ccccc2P(c2ccccc2)c2ccccc2)=N1. The summed E-state index contributed by atoms with van der Waals surface area (Å²) < 4.78 is 6.10. The molecular formula is C25H26NOP. The summed E-state index contributed by atoms with van der Waals surface area (Å²) in [5, 5.41) is 3.99. The van der Waals surface area contributed by atoms with Crippen molar-refractivity contribution < 1.29 is 4.74 Å². The summed E-state index contributed by atoms with van der Waals surface area (Å²) >= 11 is 0. The molecule has 0 spiro atoms. The van der Waals surface area contributed by atoms with Gasteiger partial charge in [-0.1, -0.05) is 99.1 Å². The van der Waals surface area contributed by atoms with Gasteiger partial charge in [-0.05, 0) is 35.8 Å². The predicted octanol–water partition coefficient (Wildman–Crippen LogP) is 4.64. The number of benzene rings is 3. The topological polar surface area (TPSA) is 21.6 Å². The predicted molar refractivity (Wildman–Crippen MR) is 121 cm³/mol. The molecule has 0 amide bonds. The van der Waals surface area contributed by atoms with Gasteiger partial charge in [-0.3, -0.25) is 0 Å². The first-order valence-electron chi connectivity index (χ1n) is 9.98. The van der Waals surface area contributed by atoms with Crippen molar-refractivity contribution >= 4 is 29.7 Å². The molecule has 28 heavy (non-hydrogen) atoms. The summed E-state index contributed by atoms with van der Waals surface area (Å²) in [6, 6.07) is 30.4. The second-order valence-electron chi connectivity index (χ2n) is 7.22. The molecular weight excluding hydrogens is 361 g/mol. The Kier molecular flexibility index (Phi) is 5.88. The first-order chi connectivity index (χ1) is 13.8. The van der Waals surface area contributed by atoms with E-state index in [1.54, 1.807) is 0 Å². The molecule has 1 aliphatic heterocycles. The Balaban J connectivity index is 1.81. The Morgan fingerprint density at radius 2 is 1.46 bits per heavy atom. The van der Waals surface area contributed by atoms with Crippen molar-refractivity contribution in [2.45, 2.75) is 26.3 Å². The van der Waals surface area contributed by atoms with E-state index in [1.165, 1.54) is 15.9 Å². The average Bonchev–Trinajstić information content (AvgIpc) is 3.25. The summed E-state index contributed by atoms with van der Waals surface area (Å²) in [6.07, 6.45) is 1.12. The highest BCUT2D eigenvalue weighted by molar-refractivity contribution is 7.80. The van der Waals surface area contributed by atoms with Crippen LogP contribution in [0, 0.1) is 5.92 Å². The van der Waals surface area contributed by atoms with Gasteiger partial charge in [0, 0.05) is 5.56 Å². The van der Waals surface area contributed by atoms with Gasteiger partial charge >= 0.3 is 0 Å². The van der Waals surface area contributed by atoms with Gasteiger partial charge in [0.05, 0.1) is 6.04 Å². The minimum atomic E-state index is -0.677. The molecule has 1 heterocycles. The second-order valence-corrected chi connectivity index (χ2v) is 9.41. The van der Waals surface area contributed by atoms with E-state index in [1.807, 2.05) is 0 Å². The van der Waals surface area contributed by atoms with Crippen LogP contribution in [0.2, 0.25) is 0 Å². The van der Waals surface area contributed by atoms with E-state index < -0.39 is 7.92 Å². The zero-order valence-electron chi connectivity index (χ0n) is 16.5. The molecule has 0 saturated heterocycles. The largest absolute Gasteiger partial charge is 0.475 e.